The van der Waals surface area contributed by atoms with E-state index in [4.69, 9.17) is 21.1 Å². The molecule has 0 fully saturated rings. The highest BCUT2D eigenvalue weighted by atomic mass is 35.5. The summed E-state index contributed by atoms with van der Waals surface area (Å²) in [7, 11) is 4.27. The number of amides is 1. The number of carboxylic acid groups (broad SMARTS) is 1. The van der Waals surface area contributed by atoms with E-state index < -0.39 is 5.97 Å². The average molecular weight is 390 g/mol. The molecule has 27 heavy (non-hydrogen) atoms. The Balaban J connectivity index is 2.03. The van der Waals surface area contributed by atoms with Gasteiger partial charge >= 0.3 is 5.97 Å². The Kier molecular flexibility index (Phi) is 4.91. The lowest BCUT2D eigenvalue weighted by Crippen LogP contribution is -2.26. The Morgan fingerprint density at radius 3 is 2.56 bits per heavy atom. The minimum Gasteiger partial charge on any atom is -0.493 e. The number of fused-ring (bicyclic) bond motifs is 1. The number of hydrogen-bond acceptors (Lipinski definition) is 5. The van der Waals surface area contributed by atoms with Crippen LogP contribution in [-0.2, 0) is 0 Å². The molecule has 9 heteroatoms. The lowest BCUT2D eigenvalue weighted by molar-refractivity contribution is 0.0692. The zero-order chi connectivity index (χ0) is 19.7. The predicted octanol–water partition coefficient (Wildman–Crippen LogP) is 3.21. The van der Waals surface area contributed by atoms with E-state index in [0.29, 0.717) is 21.9 Å². The van der Waals surface area contributed by atoms with Crippen molar-refractivity contribution >= 4 is 40.2 Å². The van der Waals surface area contributed by atoms with Crippen LogP contribution in [0.5, 0.6) is 11.5 Å². The van der Waals surface area contributed by atoms with E-state index >= 15 is 0 Å². The van der Waals surface area contributed by atoms with Crippen LogP contribution in [0.2, 0.25) is 5.15 Å². The summed E-state index contributed by atoms with van der Waals surface area (Å²) in [6.07, 6.45) is 0. The van der Waals surface area contributed by atoms with Crippen molar-refractivity contribution in [3.8, 4) is 11.5 Å². The normalized spacial score (nSPS) is 10.7. The fraction of sp³-hybridized carbons (Fsp3) is 0.167. The zero-order valence-corrected chi connectivity index (χ0v) is 15.5. The predicted molar refractivity (Wildman–Crippen MR) is 100 cm³/mol. The molecule has 0 saturated heterocycles. The van der Waals surface area contributed by atoms with Gasteiger partial charge < -0.3 is 24.5 Å². The second-order valence-electron chi connectivity index (χ2n) is 5.65. The van der Waals surface area contributed by atoms with Crippen LogP contribution in [0.1, 0.15) is 20.8 Å². The molecule has 0 spiro atoms. The molecule has 2 N–H and O–H groups in total. The number of carboxylic acids is 1. The maximum absolute atomic E-state index is 12.8. The van der Waals surface area contributed by atoms with Gasteiger partial charge in [-0.3, -0.25) is 4.79 Å². The van der Waals surface area contributed by atoms with Crippen molar-refractivity contribution in [2.45, 2.75) is 0 Å². The third kappa shape index (κ3) is 3.39. The Morgan fingerprint density at radius 1 is 1.19 bits per heavy atom. The monoisotopic (exact) mass is 389 g/mol. The fourth-order valence-electron chi connectivity index (χ4n) is 2.70. The molecule has 2 aromatic heterocycles. The van der Waals surface area contributed by atoms with Crippen LogP contribution in [0.4, 0.5) is 5.69 Å². The molecular formula is C18H16ClN3O5. The van der Waals surface area contributed by atoms with E-state index in [1.165, 1.54) is 38.3 Å². The van der Waals surface area contributed by atoms with Crippen LogP contribution >= 0.6 is 11.6 Å². The number of aromatic amines is 1. The third-order valence-electron chi connectivity index (χ3n) is 4.06. The smallest absolute Gasteiger partial charge is 0.339 e. The average Bonchev–Trinajstić information content (AvgIpc) is 3.08. The van der Waals surface area contributed by atoms with Gasteiger partial charge in [0.15, 0.2) is 11.5 Å². The van der Waals surface area contributed by atoms with Crippen LogP contribution < -0.4 is 14.4 Å². The Bertz CT molecular complexity index is 1050. The number of halogens is 1. The number of carbonyl (C=O) groups is 2. The van der Waals surface area contributed by atoms with Crippen LogP contribution in [0.15, 0.2) is 30.3 Å². The van der Waals surface area contributed by atoms with Crippen molar-refractivity contribution in [1.29, 1.82) is 0 Å². The van der Waals surface area contributed by atoms with Gasteiger partial charge in [0, 0.05) is 18.8 Å². The SMILES string of the molecule is COc1cc(N(C)C(=O)c2cc3nc(Cl)ccc3[nH]2)cc(C(=O)O)c1OC. The molecule has 1 aromatic carbocycles. The summed E-state index contributed by atoms with van der Waals surface area (Å²) in [5.74, 6) is -1.29. The van der Waals surface area contributed by atoms with E-state index in [9.17, 15) is 14.7 Å². The first-order valence-corrected chi connectivity index (χ1v) is 8.16. The Morgan fingerprint density at radius 2 is 1.93 bits per heavy atom. The molecule has 0 saturated carbocycles. The van der Waals surface area contributed by atoms with Crippen molar-refractivity contribution < 1.29 is 24.2 Å². The number of hydrogen-bond donors (Lipinski definition) is 2. The molecule has 0 unspecified atom stereocenters. The molecule has 0 aliphatic rings. The fourth-order valence-corrected chi connectivity index (χ4v) is 2.85. The minimum absolute atomic E-state index is 0.0825. The van der Waals surface area contributed by atoms with Gasteiger partial charge in [-0.25, -0.2) is 9.78 Å². The number of H-pyrrole nitrogens is 1. The van der Waals surface area contributed by atoms with Crippen molar-refractivity contribution in [3.63, 3.8) is 0 Å². The topological polar surface area (TPSA) is 105 Å². The highest BCUT2D eigenvalue weighted by Gasteiger charge is 2.23. The maximum atomic E-state index is 12.8. The minimum atomic E-state index is -1.20. The van der Waals surface area contributed by atoms with Crippen molar-refractivity contribution in [2.75, 3.05) is 26.2 Å². The van der Waals surface area contributed by atoms with Gasteiger partial charge in [0.05, 0.1) is 25.3 Å². The molecule has 0 bridgehead atoms. The van der Waals surface area contributed by atoms with Gasteiger partial charge in [0.25, 0.3) is 5.91 Å². The van der Waals surface area contributed by atoms with Crippen molar-refractivity contribution in [3.05, 3.63) is 46.7 Å². The van der Waals surface area contributed by atoms with Gasteiger partial charge in [-0.15, -0.1) is 0 Å². The van der Waals surface area contributed by atoms with Gasteiger partial charge in [-0.2, -0.15) is 0 Å². The van der Waals surface area contributed by atoms with E-state index in [1.807, 2.05) is 0 Å². The number of aromatic carboxylic acids is 1. The molecular weight excluding hydrogens is 374 g/mol. The van der Waals surface area contributed by atoms with E-state index in [2.05, 4.69) is 9.97 Å². The Labute approximate surface area is 159 Å². The summed E-state index contributed by atoms with van der Waals surface area (Å²) >= 11 is 5.87. The summed E-state index contributed by atoms with van der Waals surface area (Å²) in [5.41, 5.74) is 1.72. The number of anilines is 1. The molecule has 3 aromatic rings. The number of nitrogens with zero attached hydrogens (tertiary/aromatic N) is 2. The quantitative estimate of drug-likeness (QED) is 0.649. The lowest BCUT2D eigenvalue weighted by atomic mass is 10.1. The molecule has 1 amide bonds. The largest absolute Gasteiger partial charge is 0.493 e. The van der Waals surface area contributed by atoms with Crippen LogP contribution in [0.3, 0.4) is 0 Å². The van der Waals surface area contributed by atoms with Crippen LogP contribution in [0, 0.1) is 0 Å². The van der Waals surface area contributed by atoms with Gasteiger partial charge in [-0.1, -0.05) is 11.6 Å². The number of pyridine rings is 1. The molecule has 140 valence electrons. The first-order chi connectivity index (χ1) is 12.8. The number of carbonyl (C=O) groups excluding carboxylic acids is 1. The van der Waals surface area contributed by atoms with Gasteiger partial charge in [-0.05, 0) is 24.3 Å². The highest BCUT2D eigenvalue weighted by molar-refractivity contribution is 6.29. The van der Waals surface area contributed by atoms with Gasteiger partial charge in [0.1, 0.15) is 16.4 Å². The summed E-state index contributed by atoms with van der Waals surface area (Å²) in [5, 5.41) is 9.75. The number of ether oxygens (including phenoxy) is 2. The second kappa shape index (κ2) is 7.16. The summed E-state index contributed by atoms with van der Waals surface area (Å²) in [4.78, 5) is 32.8. The van der Waals surface area contributed by atoms with E-state index in [1.54, 1.807) is 18.2 Å². The second-order valence-corrected chi connectivity index (χ2v) is 6.04. The Hall–Kier alpha value is -3.26. The first kappa shape index (κ1) is 18.5. The zero-order valence-electron chi connectivity index (χ0n) is 14.7. The van der Waals surface area contributed by atoms with Crippen LogP contribution in [-0.4, -0.2) is 48.2 Å². The summed E-state index contributed by atoms with van der Waals surface area (Å²) < 4.78 is 10.3. The molecule has 0 atom stereocenters. The number of benzene rings is 1. The number of aromatic nitrogens is 2. The van der Waals surface area contributed by atoms with Crippen molar-refractivity contribution in [1.82, 2.24) is 9.97 Å². The molecule has 0 aliphatic carbocycles. The standard InChI is InChI=1S/C18H16ClN3O5/c1-22(9-6-10(18(24)25)16(27-3)14(7-9)26-2)17(23)13-8-12-11(20-13)4-5-15(19)21-12/h4-8,20H,1-3H3,(H,24,25). The van der Waals surface area contributed by atoms with E-state index in [-0.39, 0.29) is 28.7 Å². The van der Waals surface area contributed by atoms with Crippen molar-refractivity contribution in [2.24, 2.45) is 0 Å². The van der Waals surface area contributed by atoms with Crippen LogP contribution in [0.25, 0.3) is 11.0 Å². The summed E-state index contributed by atoms with van der Waals surface area (Å²) in [6.45, 7) is 0. The summed E-state index contributed by atoms with van der Waals surface area (Å²) in [6, 6.07) is 7.80. The van der Waals surface area contributed by atoms with E-state index in [0.717, 1.165) is 0 Å². The lowest BCUT2D eigenvalue weighted by Gasteiger charge is -2.20. The first-order valence-electron chi connectivity index (χ1n) is 7.78. The third-order valence-corrected chi connectivity index (χ3v) is 4.27. The molecule has 8 nitrogen and oxygen atoms in total. The molecule has 3 rings (SSSR count). The molecule has 2 heterocycles. The highest BCUT2D eigenvalue weighted by Crippen LogP contribution is 2.36. The maximum Gasteiger partial charge on any atom is 0.339 e. The molecule has 0 aliphatic heterocycles. The number of nitrogens with one attached hydrogen (secondary N) is 1. The van der Waals surface area contributed by atoms with Gasteiger partial charge in [0.2, 0.25) is 0 Å². The number of rotatable bonds is 5. The molecule has 0 radical (unpaired) electrons. The number of methoxy groups -OCH3 is 2.